The van der Waals surface area contributed by atoms with Crippen LogP contribution in [0.2, 0.25) is 0 Å². The van der Waals surface area contributed by atoms with Crippen molar-refractivity contribution < 1.29 is 9.53 Å². The van der Waals surface area contributed by atoms with Crippen LogP contribution in [0.4, 0.5) is 4.79 Å². The Morgan fingerprint density at radius 2 is 1.90 bits per heavy atom. The number of carbonyl (C=O) groups is 1. The minimum absolute atomic E-state index is 0.138. The van der Waals surface area contributed by atoms with Crippen molar-refractivity contribution in [3.05, 3.63) is 0 Å². The Morgan fingerprint density at radius 3 is 2.55 bits per heavy atom. The van der Waals surface area contributed by atoms with E-state index >= 15 is 0 Å². The number of ether oxygens (including phenoxy) is 1. The first kappa shape index (κ1) is 15.6. The van der Waals surface area contributed by atoms with Gasteiger partial charge in [0.15, 0.2) is 0 Å². The number of rotatable bonds is 1. The second-order valence-electron chi connectivity index (χ2n) is 7.42. The van der Waals surface area contributed by atoms with Crippen LogP contribution in [0, 0.1) is 5.92 Å². The van der Waals surface area contributed by atoms with Crippen molar-refractivity contribution in [3.8, 4) is 0 Å². The maximum atomic E-state index is 12.4. The predicted octanol–water partition coefficient (Wildman–Crippen LogP) is 3.29. The number of amides is 1. The Labute approximate surface area is 123 Å². The molecule has 1 amide bonds. The molecule has 0 unspecified atom stereocenters. The van der Waals surface area contributed by atoms with Gasteiger partial charge in [-0.15, -0.1) is 0 Å². The smallest absolute Gasteiger partial charge is 0.410 e. The Kier molecular flexibility index (Phi) is 4.95. The summed E-state index contributed by atoms with van der Waals surface area (Å²) in [6.07, 6.45) is 7.88. The summed E-state index contributed by atoms with van der Waals surface area (Å²) in [6, 6.07) is 0.654. The summed E-state index contributed by atoms with van der Waals surface area (Å²) in [5, 5.41) is 0. The number of nitrogens with two attached hydrogens (primary N) is 1. The number of carbonyl (C=O) groups excluding carboxylic acids is 1. The van der Waals surface area contributed by atoms with E-state index in [-0.39, 0.29) is 6.09 Å². The van der Waals surface area contributed by atoms with Crippen molar-refractivity contribution in [3.63, 3.8) is 0 Å². The zero-order valence-electron chi connectivity index (χ0n) is 13.2. The fourth-order valence-electron chi connectivity index (χ4n) is 3.61. The topological polar surface area (TPSA) is 55.6 Å². The van der Waals surface area contributed by atoms with Gasteiger partial charge in [0, 0.05) is 18.6 Å². The van der Waals surface area contributed by atoms with Gasteiger partial charge in [0.25, 0.3) is 0 Å². The van der Waals surface area contributed by atoms with Gasteiger partial charge >= 0.3 is 6.09 Å². The van der Waals surface area contributed by atoms with Gasteiger partial charge < -0.3 is 15.4 Å². The van der Waals surface area contributed by atoms with Crippen molar-refractivity contribution in [2.45, 2.75) is 83.4 Å². The summed E-state index contributed by atoms with van der Waals surface area (Å²) < 4.78 is 5.58. The molecular formula is C16H30N2O2. The number of piperidine rings is 1. The summed E-state index contributed by atoms with van der Waals surface area (Å²) >= 11 is 0. The average Bonchev–Trinajstić information content (AvgIpc) is 2.37. The number of likely N-dealkylation sites (tertiary alicyclic amines) is 1. The van der Waals surface area contributed by atoms with Crippen molar-refractivity contribution >= 4 is 6.09 Å². The van der Waals surface area contributed by atoms with E-state index in [1.54, 1.807) is 0 Å². The fourth-order valence-corrected chi connectivity index (χ4v) is 3.61. The molecule has 0 aromatic rings. The van der Waals surface area contributed by atoms with Gasteiger partial charge in [0.1, 0.15) is 5.60 Å². The van der Waals surface area contributed by atoms with Gasteiger partial charge in [-0.3, -0.25) is 0 Å². The van der Waals surface area contributed by atoms with E-state index in [9.17, 15) is 4.79 Å². The van der Waals surface area contributed by atoms with Crippen LogP contribution in [0.1, 0.15) is 65.7 Å². The van der Waals surface area contributed by atoms with Crippen LogP contribution < -0.4 is 5.73 Å². The van der Waals surface area contributed by atoms with Crippen molar-refractivity contribution in [1.82, 2.24) is 4.90 Å². The zero-order valence-corrected chi connectivity index (χ0v) is 13.2. The highest BCUT2D eigenvalue weighted by Gasteiger charge is 2.36. The fraction of sp³-hybridized carbons (Fsp3) is 0.938. The molecule has 3 atom stereocenters. The lowest BCUT2D eigenvalue weighted by Crippen LogP contribution is -2.51. The summed E-state index contributed by atoms with van der Waals surface area (Å²) in [6.45, 7) is 6.63. The SMILES string of the molecule is CC(C)(C)OC(=O)N1CCCC[C@@H]1[C@H]1CCC[C@H](N)C1. The lowest BCUT2D eigenvalue weighted by molar-refractivity contribution is -0.00234. The molecule has 1 saturated heterocycles. The molecule has 1 heterocycles. The van der Waals surface area contributed by atoms with Gasteiger partial charge in [-0.25, -0.2) is 4.79 Å². The van der Waals surface area contributed by atoms with E-state index in [1.807, 2.05) is 25.7 Å². The highest BCUT2D eigenvalue weighted by Crippen LogP contribution is 2.34. The molecule has 2 N–H and O–H groups in total. The Bertz CT molecular complexity index is 338. The van der Waals surface area contributed by atoms with E-state index in [0.29, 0.717) is 18.0 Å². The zero-order chi connectivity index (χ0) is 14.8. The van der Waals surface area contributed by atoms with Gasteiger partial charge in [0.2, 0.25) is 0 Å². The molecule has 4 heteroatoms. The monoisotopic (exact) mass is 282 g/mol. The molecule has 0 radical (unpaired) electrons. The van der Waals surface area contributed by atoms with Gasteiger partial charge in [-0.2, -0.15) is 0 Å². The third-order valence-corrected chi connectivity index (χ3v) is 4.48. The molecule has 1 saturated carbocycles. The van der Waals surface area contributed by atoms with Crippen LogP contribution >= 0.6 is 0 Å². The van der Waals surface area contributed by atoms with Crippen molar-refractivity contribution in [2.24, 2.45) is 11.7 Å². The summed E-state index contributed by atoms with van der Waals surface area (Å²) in [5.74, 6) is 0.562. The predicted molar refractivity (Wildman–Crippen MR) is 80.5 cm³/mol. The van der Waals surface area contributed by atoms with Gasteiger partial charge in [-0.05, 0) is 65.2 Å². The molecule has 0 aromatic heterocycles. The van der Waals surface area contributed by atoms with Crippen LogP contribution in [0.25, 0.3) is 0 Å². The molecule has 1 aliphatic heterocycles. The quantitative estimate of drug-likeness (QED) is 0.803. The second-order valence-corrected chi connectivity index (χ2v) is 7.42. The summed E-state index contributed by atoms with van der Waals surface area (Å²) in [4.78, 5) is 14.4. The van der Waals surface area contributed by atoms with E-state index in [2.05, 4.69) is 0 Å². The minimum atomic E-state index is -0.415. The molecule has 116 valence electrons. The Balaban J connectivity index is 2.02. The van der Waals surface area contributed by atoms with Crippen molar-refractivity contribution in [2.75, 3.05) is 6.54 Å². The Morgan fingerprint density at radius 1 is 1.15 bits per heavy atom. The molecule has 0 bridgehead atoms. The number of hydrogen-bond donors (Lipinski definition) is 1. The largest absolute Gasteiger partial charge is 0.444 e. The van der Waals surface area contributed by atoms with E-state index in [0.717, 1.165) is 32.2 Å². The highest BCUT2D eigenvalue weighted by atomic mass is 16.6. The normalized spacial score (nSPS) is 32.0. The van der Waals surface area contributed by atoms with Crippen LogP contribution in [-0.2, 0) is 4.74 Å². The molecular weight excluding hydrogens is 252 g/mol. The lowest BCUT2D eigenvalue weighted by Gasteiger charge is -2.43. The standard InChI is InChI=1S/C16H30N2O2/c1-16(2,3)20-15(19)18-10-5-4-9-14(18)12-7-6-8-13(17)11-12/h12-14H,4-11,17H2,1-3H3/t12-,13-,14+/m0/s1. The molecule has 0 spiro atoms. The maximum absolute atomic E-state index is 12.4. The van der Waals surface area contributed by atoms with E-state index in [1.165, 1.54) is 19.3 Å². The van der Waals surface area contributed by atoms with Crippen LogP contribution in [0.15, 0.2) is 0 Å². The van der Waals surface area contributed by atoms with Crippen molar-refractivity contribution in [1.29, 1.82) is 0 Å². The maximum Gasteiger partial charge on any atom is 0.410 e. The van der Waals surface area contributed by atoms with Gasteiger partial charge in [0.05, 0.1) is 0 Å². The summed E-state index contributed by atoms with van der Waals surface area (Å²) in [5.41, 5.74) is 5.71. The average molecular weight is 282 g/mol. The van der Waals surface area contributed by atoms with Gasteiger partial charge in [-0.1, -0.05) is 6.42 Å². The molecule has 2 fully saturated rings. The second kappa shape index (κ2) is 6.33. The molecule has 2 aliphatic rings. The number of hydrogen-bond acceptors (Lipinski definition) is 3. The van der Waals surface area contributed by atoms with E-state index < -0.39 is 5.60 Å². The molecule has 20 heavy (non-hydrogen) atoms. The summed E-state index contributed by atoms with van der Waals surface area (Å²) in [7, 11) is 0. The van der Waals surface area contributed by atoms with E-state index in [4.69, 9.17) is 10.5 Å². The Hall–Kier alpha value is -0.770. The third kappa shape index (κ3) is 4.11. The first-order valence-electron chi connectivity index (χ1n) is 8.12. The first-order valence-corrected chi connectivity index (χ1v) is 8.12. The third-order valence-electron chi connectivity index (χ3n) is 4.48. The number of nitrogens with zero attached hydrogens (tertiary/aromatic N) is 1. The molecule has 2 rings (SSSR count). The lowest BCUT2D eigenvalue weighted by atomic mass is 9.78. The molecule has 1 aliphatic carbocycles. The molecule has 0 aromatic carbocycles. The minimum Gasteiger partial charge on any atom is -0.444 e. The molecule has 4 nitrogen and oxygen atoms in total. The first-order chi connectivity index (χ1) is 9.37. The van der Waals surface area contributed by atoms with Crippen LogP contribution in [0.3, 0.4) is 0 Å². The van der Waals surface area contributed by atoms with Crippen LogP contribution in [-0.4, -0.2) is 35.2 Å². The van der Waals surface area contributed by atoms with Crippen LogP contribution in [0.5, 0.6) is 0 Å². The highest BCUT2D eigenvalue weighted by molar-refractivity contribution is 5.68.